The molecule has 22 heavy (non-hydrogen) atoms. The number of aromatic nitrogens is 2. The van der Waals surface area contributed by atoms with Gasteiger partial charge in [0.25, 0.3) is 0 Å². The van der Waals surface area contributed by atoms with Crippen molar-refractivity contribution in [1.82, 2.24) is 9.97 Å². The second-order valence-corrected chi connectivity index (χ2v) is 4.52. The highest BCUT2D eigenvalue weighted by molar-refractivity contribution is 5.42. The van der Waals surface area contributed by atoms with E-state index in [1.807, 2.05) is 60.7 Å². The van der Waals surface area contributed by atoms with Gasteiger partial charge in [0.05, 0.1) is 12.4 Å². The third-order valence-electron chi connectivity index (χ3n) is 2.85. The Morgan fingerprint density at radius 2 is 1.00 bits per heavy atom. The molecule has 0 unspecified atom stereocenters. The number of benzene rings is 2. The summed E-state index contributed by atoms with van der Waals surface area (Å²) < 4.78 is 0. The number of nitrogens with zero attached hydrogens (tertiary/aromatic N) is 2. The molecule has 1 aromatic heterocycles. The van der Waals surface area contributed by atoms with E-state index < -0.39 is 0 Å². The van der Waals surface area contributed by atoms with Gasteiger partial charge in [0.1, 0.15) is 11.4 Å². The molecule has 3 aromatic rings. The van der Waals surface area contributed by atoms with Crippen LogP contribution in [-0.2, 0) is 0 Å². The molecular weight excluding hydrogens is 268 g/mol. The van der Waals surface area contributed by atoms with E-state index >= 15 is 0 Å². The maximum absolute atomic E-state index is 4.39. The molecule has 0 spiro atoms. The average molecular weight is 280 g/mol. The van der Waals surface area contributed by atoms with E-state index in [9.17, 15) is 0 Å². The fraction of sp³-hybridized carbons (Fsp3) is 0. The highest BCUT2D eigenvalue weighted by atomic mass is 14.8. The normalized spacial score (nSPS) is 9.09. The Bertz CT molecular complexity index is 804. The Balaban J connectivity index is 1.82. The summed E-state index contributed by atoms with van der Waals surface area (Å²) in [6.07, 6.45) is 3.28. The largest absolute Gasteiger partial charge is 0.259 e. The standard InChI is InChI=1S/C20H12N2/c1-3-7-17(8-4-1)11-13-19-15-21-16-20(22-19)14-12-18-9-5-2-6-10-18/h1-10,15-16H. The van der Waals surface area contributed by atoms with E-state index in [1.165, 1.54) is 0 Å². The van der Waals surface area contributed by atoms with Crippen molar-refractivity contribution in [3.63, 3.8) is 0 Å². The van der Waals surface area contributed by atoms with Gasteiger partial charge in [-0.05, 0) is 36.1 Å². The first-order chi connectivity index (χ1) is 10.9. The van der Waals surface area contributed by atoms with Crippen molar-refractivity contribution >= 4 is 0 Å². The molecule has 2 nitrogen and oxygen atoms in total. The summed E-state index contributed by atoms with van der Waals surface area (Å²) in [5.41, 5.74) is 3.13. The number of rotatable bonds is 0. The average Bonchev–Trinajstić information content (AvgIpc) is 2.60. The van der Waals surface area contributed by atoms with Crippen LogP contribution in [0.1, 0.15) is 22.5 Å². The first-order valence-electron chi connectivity index (χ1n) is 6.86. The predicted octanol–water partition coefficient (Wildman–Crippen LogP) is 3.28. The summed E-state index contributed by atoms with van der Waals surface area (Å²) in [6, 6.07) is 19.6. The minimum absolute atomic E-state index is 0.615. The third-order valence-corrected chi connectivity index (χ3v) is 2.85. The van der Waals surface area contributed by atoms with Crippen molar-refractivity contribution in [3.05, 3.63) is 95.6 Å². The SMILES string of the molecule is C(#Cc1cncc(C#Cc2ccccc2)n1)c1ccccc1. The maximum atomic E-state index is 4.39. The van der Waals surface area contributed by atoms with Gasteiger partial charge in [-0.1, -0.05) is 48.2 Å². The van der Waals surface area contributed by atoms with E-state index in [1.54, 1.807) is 12.4 Å². The van der Waals surface area contributed by atoms with Crippen molar-refractivity contribution in [1.29, 1.82) is 0 Å². The van der Waals surface area contributed by atoms with Gasteiger partial charge in [-0.2, -0.15) is 0 Å². The molecule has 0 amide bonds. The molecule has 2 aromatic carbocycles. The Labute approximate surface area is 129 Å². The predicted molar refractivity (Wildman–Crippen MR) is 86.9 cm³/mol. The van der Waals surface area contributed by atoms with Crippen LogP contribution < -0.4 is 0 Å². The van der Waals surface area contributed by atoms with Crippen LogP contribution in [0.3, 0.4) is 0 Å². The lowest BCUT2D eigenvalue weighted by Crippen LogP contribution is -1.90. The van der Waals surface area contributed by atoms with Crippen LogP contribution in [0.2, 0.25) is 0 Å². The lowest BCUT2D eigenvalue weighted by Gasteiger charge is -1.92. The van der Waals surface area contributed by atoms with Gasteiger partial charge in [-0.3, -0.25) is 4.98 Å². The van der Waals surface area contributed by atoms with Crippen LogP contribution in [0.25, 0.3) is 0 Å². The van der Waals surface area contributed by atoms with Crippen molar-refractivity contribution in [2.45, 2.75) is 0 Å². The van der Waals surface area contributed by atoms with Crippen molar-refractivity contribution in [3.8, 4) is 23.7 Å². The van der Waals surface area contributed by atoms with Crippen LogP contribution in [-0.4, -0.2) is 9.97 Å². The molecule has 2 heteroatoms. The van der Waals surface area contributed by atoms with E-state index in [-0.39, 0.29) is 0 Å². The molecule has 0 aliphatic carbocycles. The summed E-state index contributed by atoms with van der Waals surface area (Å²) in [5.74, 6) is 12.1. The Morgan fingerprint density at radius 3 is 1.45 bits per heavy atom. The Morgan fingerprint density at radius 1 is 0.545 bits per heavy atom. The summed E-state index contributed by atoms with van der Waals surface area (Å²) in [5, 5.41) is 0. The molecule has 0 saturated heterocycles. The lowest BCUT2D eigenvalue weighted by molar-refractivity contribution is 1.15. The second kappa shape index (κ2) is 6.88. The smallest absolute Gasteiger partial charge is 0.133 e. The summed E-state index contributed by atoms with van der Waals surface area (Å²) in [4.78, 5) is 8.53. The lowest BCUT2D eigenvalue weighted by atomic mass is 10.2. The quantitative estimate of drug-likeness (QED) is 0.591. The highest BCUT2D eigenvalue weighted by Gasteiger charge is 1.93. The van der Waals surface area contributed by atoms with Gasteiger partial charge < -0.3 is 0 Å². The van der Waals surface area contributed by atoms with Gasteiger partial charge in [0.2, 0.25) is 0 Å². The molecule has 1 heterocycles. The molecule has 0 aliphatic rings. The molecule has 0 bridgehead atoms. The zero-order valence-electron chi connectivity index (χ0n) is 11.8. The monoisotopic (exact) mass is 280 g/mol. The fourth-order valence-electron chi connectivity index (χ4n) is 1.80. The second-order valence-electron chi connectivity index (χ2n) is 4.52. The molecule has 0 saturated carbocycles. The van der Waals surface area contributed by atoms with Crippen LogP contribution in [0.15, 0.2) is 73.1 Å². The molecule has 3 rings (SSSR count). The van der Waals surface area contributed by atoms with Crippen molar-refractivity contribution in [2.75, 3.05) is 0 Å². The van der Waals surface area contributed by atoms with Crippen molar-refractivity contribution in [2.24, 2.45) is 0 Å². The Hall–Kier alpha value is -3.36. The highest BCUT2D eigenvalue weighted by Crippen LogP contribution is 1.99. The van der Waals surface area contributed by atoms with E-state index in [4.69, 9.17) is 0 Å². The number of hydrogen-bond donors (Lipinski definition) is 0. The Kier molecular flexibility index (Phi) is 4.26. The summed E-state index contributed by atoms with van der Waals surface area (Å²) >= 11 is 0. The van der Waals surface area contributed by atoms with E-state index in [0.717, 1.165) is 11.1 Å². The zero-order chi connectivity index (χ0) is 15.0. The van der Waals surface area contributed by atoms with Gasteiger partial charge in [0.15, 0.2) is 0 Å². The van der Waals surface area contributed by atoms with E-state index in [2.05, 4.69) is 33.6 Å². The molecule has 0 aliphatic heterocycles. The zero-order valence-corrected chi connectivity index (χ0v) is 11.8. The molecule has 0 radical (unpaired) electrons. The van der Waals surface area contributed by atoms with Crippen LogP contribution in [0.5, 0.6) is 0 Å². The van der Waals surface area contributed by atoms with Gasteiger partial charge in [0, 0.05) is 11.1 Å². The first kappa shape index (κ1) is 13.6. The van der Waals surface area contributed by atoms with Gasteiger partial charge >= 0.3 is 0 Å². The van der Waals surface area contributed by atoms with Crippen LogP contribution in [0, 0.1) is 23.7 Å². The molecule has 0 fully saturated rings. The van der Waals surface area contributed by atoms with Gasteiger partial charge in [-0.15, -0.1) is 0 Å². The van der Waals surface area contributed by atoms with Crippen molar-refractivity contribution < 1.29 is 0 Å². The van der Waals surface area contributed by atoms with Gasteiger partial charge in [-0.25, -0.2) is 4.98 Å². The summed E-state index contributed by atoms with van der Waals surface area (Å²) in [6.45, 7) is 0. The minimum atomic E-state index is 0.615. The van der Waals surface area contributed by atoms with Crippen LogP contribution >= 0.6 is 0 Å². The topological polar surface area (TPSA) is 25.8 Å². The molecule has 102 valence electrons. The maximum Gasteiger partial charge on any atom is 0.133 e. The summed E-state index contributed by atoms with van der Waals surface area (Å²) in [7, 11) is 0. The number of hydrogen-bond acceptors (Lipinski definition) is 2. The van der Waals surface area contributed by atoms with Crippen LogP contribution in [0.4, 0.5) is 0 Å². The minimum Gasteiger partial charge on any atom is -0.259 e. The molecule has 0 atom stereocenters. The molecular formula is C20H12N2. The van der Waals surface area contributed by atoms with E-state index in [0.29, 0.717) is 11.4 Å². The fourth-order valence-corrected chi connectivity index (χ4v) is 1.80. The third kappa shape index (κ3) is 3.82. The first-order valence-corrected chi connectivity index (χ1v) is 6.86. The molecule has 0 N–H and O–H groups in total.